The Morgan fingerprint density at radius 2 is 2.11 bits per heavy atom. The van der Waals surface area contributed by atoms with E-state index in [2.05, 4.69) is 59.2 Å². The van der Waals surface area contributed by atoms with Gasteiger partial charge in [0.2, 0.25) is 0 Å². The molecule has 4 rings (SSSR count). The number of pyridine rings is 1. The number of anilines is 2. The van der Waals surface area contributed by atoms with E-state index in [0.29, 0.717) is 17.9 Å². The quantitative estimate of drug-likeness (QED) is 0.759. The standard InChI is InChI=1S/C22H24N6/c1-4-28-13-18(15(3)26-28)21-17(11-23)22(24)25-20-8-9-27(12-19(20)21)16-7-5-6-14(2)10-16/h5-7,10,13H,4,8-9,12H2,1-3H3,(H2,24,25). The van der Waals surface area contributed by atoms with E-state index < -0.39 is 0 Å². The SMILES string of the molecule is CCn1cc(-c2c(C#N)c(N)nc3c2CN(c2cccc(C)c2)CC3)c(C)n1. The van der Waals surface area contributed by atoms with Gasteiger partial charge in [0.15, 0.2) is 0 Å². The van der Waals surface area contributed by atoms with Crippen LogP contribution in [0.15, 0.2) is 30.5 Å². The molecule has 0 radical (unpaired) electrons. The van der Waals surface area contributed by atoms with Crippen LogP contribution >= 0.6 is 0 Å². The number of fused-ring (bicyclic) bond motifs is 1. The zero-order valence-electron chi connectivity index (χ0n) is 16.5. The fraction of sp³-hybridized carbons (Fsp3) is 0.318. The molecule has 1 aliphatic heterocycles. The zero-order valence-corrected chi connectivity index (χ0v) is 16.5. The van der Waals surface area contributed by atoms with Crippen LogP contribution in [-0.4, -0.2) is 21.3 Å². The minimum atomic E-state index is 0.309. The molecule has 28 heavy (non-hydrogen) atoms. The minimum Gasteiger partial charge on any atom is -0.383 e. The molecule has 0 bridgehead atoms. The molecule has 3 aromatic rings. The van der Waals surface area contributed by atoms with Crippen molar-refractivity contribution in [3.63, 3.8) is 0 Å². The summed E-state index contributed by atoms with van der Waals surface area (Å²) >= 11 is 0. The van der Waals surface area contributed by atoms with Gasteiger partial charge in [0, 0.05) is 54.6 Å². The van der Waals surface area contributed by atoms with E-state index in [0.717, 1.165) is 47.6 Å². The highest BCUT2D eigenvalue weighted by Gasteiger charge is 2.27. The molecular formula is C22H24N6. The fourth-order valence-electron chi connectivity index (χ4n) is 3.96. The Labute approximate surface area is 165 Å². The molecule has 1 aliphatic rings. The predicted molar refractivity (Wildman–Crippen MR) is 111 cm³/mol. The maximum Gasteiger partial charge on any atom is 0.142 e. The molecular weight excluding hydrogens is 348 g/mol. The van der Waals surface area contributed by atoms with Crippen molar-refractivity contribution in [2.45, 2.75) is 40.3 Å². The number of hydrogen-bond acceptors (Lipinski definition) is 5. The maximum atomic E-state index is 9.83. The summed E-state index contributed by atoms with van der Waals surface area (Å²) in [6.45, 7) is 8.49. The summed E-state index contributed by atoms with van der Waals surface area (Å²) < 4.78 is 1.90. The zero-order chi connectivity index (χ0) is 19.8. The Morgan fingerprint density at radius 1 is 1.29 bits per heavy atom. The number of nitrogens with zero attached hydrogens (tertiary/aromatic N) is 5. The molecule has 6 heteroatoms. The largest absolute Gasteiger partial charge is 0.383 e. The second-order valence-electron chi connectivity index (χ2n) is 7.28. The van der Waals surface area contributed by atoms with Crippen LogP contribution in [0, 0.1) is 25.2 Å². The third-order valence-corrected chi connectivity index (χ3v) is 5.40. The molecule has 3 heterocycles. The van der Waals surface area contributed by atoms with Gasteiger partial charge in [0.1, 0.15) is 17.5 Å². The van der Waals surface area contributed by atoms with Gasteiger partial charge in [-0.05, 0) is 38.5 Å². The topological polar surface area (TPSA) is 83.8 Å². The van der Waals surface area contributed by atoms with Gasteiger partial charge in [0.25, 0.3) is 0 Å². The van der Waals surface area contributed by atoms with Crippen LogP contribution < -0.4 is 10.6 Å². The maximum absolute atomic E-state index is 9.83. The molecule has 0 unspecified atom stereocenters. The minimum absolute atomic E-state index is 0.309. The van der Waals surface area contributed by atoms with Gasteiger partial charge in [-0.1, -0.05) is 12.1 Å². The molecule has 1 aromatic carbocycles. The van der Waals surface area contributed by atoms with E-state index in [1.54, 1.807) is 0 Å². The van der Waals surface area contributed by atoms with Crippen molar-refractivity contribution in [2.75, 3.05) is 17.2 Å². The summed E-state index contributed by atoms with van der Waals surface area (Å²) in [5, 5.41) is 14.4. The molecule has 0 saturated heterocycles. The van der Waals surface area contributed by atoms with Gasteiger partial charge in [-0.3, -0.25) is 4.68 Å². The first-order valence-electron chi connectivity index (χ1n) is 9.59. The molecule has 0 amide bonds. The number of nitrogen functional groups attached to an aromatic ring is 1. The third kappa shape index (κ3) is 2.99. The molecule has 142 valence electrons. The lowest BCUT2D eigenvalue weighted by Crippen LogP contribution is -2.32. The first-order chi connectivity index (χ1) is 13.5. The van der Waals surface area contributed by atoms with E-state index in [1.807, 2.05) is 17.8 Å². The number of aromatic nitrogens is 3. The first kappa shape index (κ1) is 18.1. The molecule has 0 saturated carbocycles. The monoisotopic (exact) mass is 372 g/mol. The highest BCUT2D eigenvalue weighted by atomic mass is 15.3. The van der Waals surface area contributed by atoms with Crippen LogP contribution in [0.3, 0.4) is 0 Å². The molecule has 0 atom stereocenters. The summed E-state index contributed by atoms with van der Waals surface area (Å²) in [7, 11) is 0. The van der Waals surface area contributed by atoms with Crippen molar-refractivity contribution in [3.05, 3.63) is 58.5 Å². The van der Waals surface area contributed by atoms with Crippen molar-refractivity contribution in [1.82, 2.24) is 14.8 Å². The number of rotatable bonds is 3. The summed E-state index contributed by atoms with van der Waals surface area (Å²) in [6.07, 6.45) is 2.81. The smallest absolute Gasteiger partial charge is 0.142 e. The molecule has 2 N–H and O–H groups in total. The summed E-state index contributed by atoms with van der Waals surface area (Å²) in [5.74, 6) is 0.309. The average Bonchev–Trinajstić information content (AvgIpc) is 3.07. The summed E-state index contributed by atoms with van der Waals surface area (Å²) in [6, 6.07) is 10.8. The van der Waals surface area contributed by atoms with Crippen molar-refractivity contribution in [3.8, 4) is 17.2 Å². The highest BCUT2D eigenvalue weighted by Crippen LogP contribution is 2.37. The second-order valence-corrected chi connectivity index (χ2v) is 7.28. The van der Waals surface area contributed by atoms with Gasteiger partial charge >= 0.3 is 0 Å². The summed E-state index contributed by atoms with van der Waals surface area (Å²) in [4.78, 5) is 6.92. The van der Waals surface area contributed by atoms with Crippen LogP contribution in [0.4, 0.5) is 11.5 Å². The Hall–Kier alpha value is -3.33. The lowest BCUT2D eigenvalue weighted by Gasteiger charge is -2.32. The van der Waals surface area contributed by atoms with Gasteiger partial charge in [-0.2, -0.15) is 10.4 Å². The number of aryl methyl sites for hydroxylation is 3. The van der Waals surface area contributed by atoms with Crippen molar-refractivity contribution in [2.24, 2.45) is 0 Å². The normalized spacial score (nSPS) is 13.3. The van der Waals surface area contributed by atoms with Gasteiger partial charge < -0.3 is 10.6 Å². The average molecular weight is 372 g/mol. The van der Waals surface area contributed by atoms with Gasteiger partial charge in [0.05, 0.1) is 11.4 Å². The highest BCUT2D eigenvalue weighted by molar-refractivity contribution is 5.80. The van der Waals surface area contributed by atoms with E-state index >= 15 is 0 Å². The van der Waals surface area contributed by atoms with Crippen LogP contribution in [0.1, 0.15) is 35.0 Å². The van der Waals surface area contributed by atoms with E-state index in [-0.39, 0.29) is 0 Å². The molecule has 0 spiro atoms. The lowest BCUT2D eigenvalue weighted by atomic mass is 9.91. The molecule has 0 fully saturated rings. The second kappa shape index (κ2) is 7.01. The fourth-order valence-corrected chi connectivity index (χ4v) is 3.96. The van der Waals surface area contributed by atoms with Crippen molar-refractivity contribution >= 4 is 11.5 Å². The van der Waals surface area contributed by atoms with Crippen molar-refractivity contribution < 1.29 is 0 Å². The first-order valence-corrected chi connectivity index (χ1v) is 9.59. The number of nitriles is 1. The Morgan fingerprint density at radius 3 is 2.79 bits per heavy atom. The molecule has 0 aliphatic carbocycles. The van der Waals surface area contributed by atoms with E-state index in [9.17, 15) is 5.26 Å². The van der Waals surface area contributed by atoms with Crippen LogP contribution in [0.2, 0.25) is 0 Å². The van der Waals surface area contributed by atoms with Crippen LogP contribution in [0.25, 0.3) is 11.1 Å². The van der Waals surface area contributed by atoms with E-state index in [4.69, 9.17) is 5.73 Å². The van der Waals surface area contributed by atoms with Crippen molar-refractivity contribution in [1.29, 1.82) is 5.26 Å². The number of hydrogen-bond donors (Lipinski definition) is 1. The van der Waals surface area contributed by atoms with Crippen LogP contribution in [0.5, 0.6) is 0 Å². The molecule has 2 aromatic heterocycles. The Balaban J connectivity index is 1.88. The number of benzene rings is 1. The summed E-state index contributed by atoms with van der Waals surface area (Å²) in [5.41, 5.74) is 13.9. The molecule has 6 nitrogen and oxygen atoms in total. The predicted octanol–water partition coefficient (Wildman–Crippen LogP) is 3.60. The Bertz CT molecular complexity index is 1090. The Kier molecular flexibility index (Phi) is 4.52. The van der Waals surface area contributed by atoms with E-state index in [1.165, 1.54) is 11.3 Å². The van der Waals surface area contributed by atoms with Gasteiger partial charge in [-0.25, -0.2) is 4.98 Å². The lowest BCUT2D eigenvalue weighted by molar-refractivity contribution is 0.653. The number of nitrogens with two attached hydrogens (primary N) is 1. The van der Waals surface area contributed by atoms with Crippen LogP contribution in [-0.2, 0) is 19.5 Å². The van der Waals surface area contributed by atoms with Gasteiger partial charge in [-0.15, -0.1) is 0 Å². The third-order valence-electron chi connectivity index (χ3n) is 5.40.